The van der Waals surface area contributed by atoms with Gasteiger partial charge in [-0.15, -0.1) is 0 Å². The summed E-state index contributed by atoms with van der Waals surface area (Å²) in [7, 11) is 2.26. The molecule has 0 atom stereocenters. The van der Waals surface area contributed by atoms with Crippen molar-refractivity contribution in [2.75, 3.05) is 13.6 Å². The van der Waals surface area contributed by atoms with Crippen LogP contribution >= 0.6 is 15.9 Å². The first-order valence-corrected chi connectivity index (χ1v) is 8.68. The first-order valence-electron chi connectivity index (χ1n) is 7.89. The third kappa shape index (κ3) is 4.57. The van der Waals surface area contributed by atoms with Crippen molar-refractivity contribution in [1.29, 1.82) is 0 Å². The minimum Gasteiger partial charge on any atom is -0.313 e. The number of nitrogens with zero attached hydrogens (tertiary/aromatic N) is 1. The lowest BCUT2D eigenvalue weighted by atomic mass is 10.1. The van der Waals surface area contributed by atoms with Crippen molar-refractivity contribution in [1.82, 2.24) is 10.2 Å². The highest BCUT2D eigenvalue weighted by atomic mass is 79.9. The van der Waals surface area contributed by atoms with Crippen molar-refractivity contribution in [2.45, 2.75) is 58.2 Å². The fourth-order valence-corrected chi connectivity index (χ4v) is 3.53. The van der Waals surface area contributed by atoms with Crippen LogP contribution in [0.15, 0.2) is 22.7 Å². The Bertz CT molecular complexity index is 413. The fourth-order valence-electron chi connectivity index (χ4n) is 2.98. The van der Waals surface area contributed by atoms with E-state index < -0.39 is 0 Å². The van der Waals surface area contributed by atoms with Crippen LogP contribution in [0.3, 0.4) is 0 Å². The molecule has 1 aromatic rings. The van der Waals surface area contributed by atoms with Gasteiger partial charge in [0.25, 0.3) is 0 Å². The zero-order valence-electron chi connectivity index (χ0n) is 12.8. The SMILES string of the molecule is CCCNCc1ccc(CN(C)C2CCCC2)c(Br)c1. The summed E-state index contributed by atoms with van der Waals surface area (Å²) in [5, 5.41) is 3.45. The van der Waals surface area contributed by atoms with E-state index >= 15 is 0 Å². The van der Waals surface area contributed by atoms with E-state index in [9.17, 15) is 0 Å². The maximum Gasteiger partial charge on any atom is 0.0244 e. The van der Waals surface area contributed by atoms with Crippen molar-refractivity contribution in [3.05, 3.63) is 33.8 Å². The highest BCUT2D eigenvalue weighted by molar-refractivity contribution is 9.10. The van der Waals surface area contributed by atoms with E-state index in [1.165, 1.54) is 47.7 Å². The Morgan fingerprint density at radius 3 is 2.70 bits per heavy atom. The maximum absolute atomic E-state index is 3.74. The summed E-state index contributed by atoms with van der Waals surface area (Å²) in [5.74, 6) is 0. The van der Waals surface area contributed by atoms with Gasteiger partial charge in [0.05, 0.1) is 0 Å². The molecule has 0 saturated heterocycles. The van der Waals surface area contributed by atoms with E-state index in [1.54, 1.807) is 0 Å². The number of nitrogens with one attached hydrogen (secondary N) is 1. The monoisotopic (exact) mass is 338 g/mol. The van der Waals surface area contributed by atoms with Gasteiger partial charge in [-0.2, -0.15) is 0 Å². The number of rotatable bonds is 7. The summed E-state index contributed by atoms with van der Waals surface area (Å²) >= 11 is 3.74. The molecule has 1 aromatic carbocycles. The van der Waals surface area contributed by atoms with Gasteiger partial charge in [-0.25, -0.2) is 0 Å². The van der Waals surface area contributed by atoms with Gasteiger partial charge >= 0.3 is 0 Å². The first kappa shape index (κ1) is 16.0. The lowest BCUT2D eigenvalue weighted by Gasteiger charge is -2.24. The summed E-state index contributed by atoms with van der Waals surface area (Å²) in [6.45, 7) is 5.30. The Morgan fingerprint density at radius 1 is 1.30 bits per heavy atom. The van der Waals surface area contributed by atoms with Gasteiger partial charge in [0, 0.05) is 23.6 Å². The molecular formula is C17H27BrN2. The second-order valence-electron chi connectivity index (χ2n) is 5.96. The minimum atomic E-state index is 0.785. The van der Waals surface area contributed by atoms with Crippen LogP contribution in [0, 0.1) is 0 Å². The molecule has 0 radical (unpaired) electrons. The molecule has 0 aromatic heterocycles. The number of halogens is 1. The van der Waals surface area contributed by atoms with E-state index in [4.69, 9.17) is 0 Å². The number of benzene rings is 1. The highest BCUT2D eigenvalue weighted by Crippen LogP contribution is 2.26. The van der Waals surface area contributed by atoms with E-state index in [-0.39, 0.29) is 0 Å². The van der Waals surface area contributed by atoms with Crippen LogP contribution in [0.5, 0.6) is 0 Å². The Kier molecular flexibility index (Phi) is 6.53. The van der Waals surface area contributed by atoms with Gasteiger partial charge in [-0.1, -0.05) is 47.8 Å². The van der Waals surface area contributed by atoms with Crippen LogP contribution in [0.1, 0.15) is 50.2 Å². The third-order valence-corrected chi connectivity index (χ3v) is 4.98. The van der Waals surface area contributed by atoms with Crippen LogP contribution in [0.25, 0.3) is 0 Å². The van der Waals surface area contributed by atoms with Crippen LogP contribution in [-0.4, -0.2) is 24.5 Å². The fraction of sp³-hybridized carbons (Fsp3) is 0.647. The molecule has 1 saturated carbocycles. The maximum atomic E-state index is 3.74. The molecule has 0 bridgehead atoms. The topological polar surface area (TPSA) is 15.3 Å². The van der Waals surface area contributed by atoms with Crippen molar-refractivity contribution in [3.63, 3.8) is 0 Å². The Balaban J connectivity index is 1.91. The smallest absolute Gasteiger partial charge is 0.0244 e. The molecule has 0 unspecified atom stereocenters. The molecular weight excluding hydrogens is 312 g/mol. The molecule has 0 heterocycles. The predicted octanol–water partition coefficient (Wildman–Crippen LogP) is 4.32. The lowest BCUT2D eigenvalue weighted by Crippen LogP contribution is -2.28. The minimum absolute atomic E-state index is 0.785. The predicted molar refractivity (Wildman–Crippen MR) is 89.9 cm³/mol. The Labute approximate surface area is 132 Å². The molecule has 0 aliphatic heterocycles. The molecule has 3 heteroatoms. The second kappa shape index (κ2) is 8.16. The quantitative estimate of drug-likeness (QED) is 0.744. The molecule has 0 spiro atoms. The zero-order valence-corrected chi connectivity index (χ0v) is 14.4. The summed E-state index contributed by atoms with van der Waals surface area (Å²) in [6.07, 6.45) is 6.72. The number of hydrogen-bond donors (Lipinski definition) is 1. The van der Waals surface area contributed by atoms with E-state index in [1.807, 2.05) is 0 Å². The van der Waals surface area contributed by atoms with Gasteiger partial charge in [-0.05, 0) is 50.0 Å². The standard InChI is InChI=1S/C17H27BrN2/c1-3-10-19-12-14-8-9-15(17(18)11-14)13-20(2)16-6-4-5-7-16/h8-9,11,16,19H,3-7,10,12-13H2,1-2H3. The van der Waals surface area contributed by atoms with Gasteiger partial charge < -0.3 is 5.32 Å². The van der Waals surface area contributed by atoms with Crippen molar-refractivity contribution in [3.8, 4) is 0 Å². The van der Waals surface area contributed by atoms with Gasteiger partial charge in [0.1, 0.15) is 0 Å². The van der Waals surface area contributed by atoms with Crippen LogP contribution < -0.4 is 5.32 Å². The van der Waals surface area contributed by atoms with Crippen molar-refractivity contribution >= 4 is 15.9 Å². The Hall–Kier alpha value is -0.380. The molecule has 1 fully saturated rings. The summed E-state index contributed by atoms with van der Waals surface area (Å²) in [4.78, 5) is 2.52. The molecule has 20 heavy (non-hydrogen) atoms. The average molecular weight is 339 g/mol. The average Bonchev–Trinajstić information content (AvgIpc) is 2.96. The molecule has 2 rings (SSSR count). The third-order valence-electron chi connectivity index (χ3n) is 4.24. The second-order valence-corrected chi connectivity index (χ2v) is 6.81. The van der Waals surface area contributed by atoms with E-state index in [0.29, 0.717) is 0 Å². The molecule has 112 valence electrons. The van der Waals surface area contributed by atoms with Gasteiger partial charge in [0.15, 0.2) is 0 Å². The normalized spacial score (nSPS) is 16.2. The van der Waals surface area contributed by atoms with E-state index in [0.717, 1.165) is 25.7 Å². The molecule has 1 N–H and O–H groups in total. The zero-order chi connectivity index (χ0) is 14.4. The Morgan fingerprint density at radius 2 is 2.05 bits per heavy atom. The van der Waals surface area contributed by atoms with Gasteiger partial charge in [0.2, 0.25) is 0 Å². The summed E-state index contributed by atoms with van der Waals surface area (Å²) in [5.41, 5.74) is 2.76. The summed E-state index contributed by atoms with van der Waals surface area (Å²) in [6, 6.07) is 7.58. The van der Waals surface area contributed by atoms with E-state index in [2.05, 4.69) is 58.3 Å². The molecule has 2 nitrogen and oxygen atoms in total. The van der Waals surface area contributed by atoms with Crippen LogP contribution in [0.4, 0.5) is 0 Å². The summed E-state index contributed by atoms with van der Waals surface area (Å²) < 4.78 is 1.25. The van der Waals surface area contributed by atoms with Crippen molar-refractivity contribution in [2.24, 2.45) is 0 Å². The highest BCUT2D eigenvalue weighted by Gasteiger charge is 2.19. The lowest BCUT2D eigenvalue weighted by molar-refractivity contribution is 0.237. The van der Waals surface area contributed by atoms with Gasteiger partial charge in [-0.3, -0.25) is 4.90 Å². The van der Waals surface area contributed by atoms with Crippen LogP contribution in [-0.2, 0) is 13.1 Å². The van der Waals surface area contributed by atoms with Crippen molar-refractivity contribution < 1.29 is 0 Å². The largest absolute Gasteiger partial charge is 0.313 e. The van der Waals surface area contributed by atoms with Crippen LogP contribution in [0.2, 0.25) is 0 Å². The molecule has 1 aliphatic carbocycles. The molecule has 1 aliphatic rings. The first-order chi connectivity index (χ1) is 9.70. The number of hydrogen-bond acceptors (Lipinski definition) is 2. The molecule has 0 amide bonds.